The molecule has 0 aromatic rings. The molecule has 15 heavy (non-hydrogen) atoms. The predicted octanol–water partition coefficient (Wildman–Crippen LogP) is 0.689. The molecule has 2 rings (SSSR count). The molecule has 2 amide bonds. The van der Waals surface area contributed by atoms with Crippen molar-refractivity contribution < 1.29 is 19.8 Å². The van der Waals surface area contributed by atoms with Gasteiger partial charge in [0.05, 0.1) is 0 Å². The largest absolute Gasteiger partial charge is 0.465 e. The predicted molar refractivity (Wildman–Crippen MR) is 50.7 cm³/mol. The van der Waals surface area contributed by atoms with Gasteiger partial charge in [0.1, 0.15) is 0 Å². The molecule has 4 N–H and O–H groups in total. The van der Waals surface area contributed by atoms with Gasteiger partial charge in [0.15, 0.2) is 0 Å². The zero-order chi connectivity index (χ0) is 11.0. The number of fused-ring (bicyclic) bond motifs is 2. The van der Waals surface area contributed by atoms with E-state index in [9.17, 15) is 9.59 Å². The van der Waals surface area contributed by atoms with Crippen LogP contribution in [0.15, 0.2) is 0 Å². The highest BCUT2D eigenvalue weighted by Crippen LogP contribution is 2.44. The van der Waals surface area contributed by atoms with Crippen molar-refractivity contribution in [2.24, 2.45) is 11.8 Å². The minimum Gasteiger partial charge on any atom is -0.465 e. The van der Waals surface area contributed by atoms with Crippen molar-refractivity contribution in [1.29, 1.82) is 0 Å². The molecule has 6 heteroatoms. The number of hydrogen-bond acceptors (Lipinski definition) is 2. The Kier molecular flexibility index (Phi) is 2.42. The third kappa shape index (κ3) is 1.98. The van der Waals surface area contributed by atoms with Crippen LogP contribution >= 0.6 is 0 Å². The standard InChI is InChI=1S/C9H14N2O4/c12-8(13)10-6-2-4-1-5(6)7(3-4)11-9(14)15/h4-7,10-11H,1-3H2,(H,12,13)(H,14,15). The molecule has 2 bridgehead atoms. The second kappa shape index (κ2) is 3.60. The fraction of sp³-hybridized carbons (Fsp3) is 0.778. The highest BCUT2D eigenvalue weighted by molar-refractivity contribution is 5.66. The third-order valence-electron chi connectivity index (χ3n) is 3.43. The minimum absolute atomic E-state index is 0.0851. The first-order valence-corrected chi connectivity index (χ1v) is 5.05. The molecule has 0 aliphatic heterocycles. The molecule has 6 nitrogen and oxygen atoms in total. The Morgan fingerprint density at radius 3 is 1.73 bits per heavy atom. The van der Waals surface area contributed by atoms with E-state index in [1.807, 2.05) is 0 Å². The molecule has 0 saturated heterocycles. The summed E-state index contributed by atoms with van der Waals surface area (Å²) in [5, 5.41) is 22.2. The molecule has 2 unspecified atom stereocenters. The first-order chi connectivity index (χ1) is 7.06. The topological polar surface area (TPSA) is 98.7 Å². The zero-order valence-corrected chi connectivity index (χ0v) is 8.14. The summed E-state index contributed by atoms with van der Waals surface area (Å²) in [5.74, 6) is 0.589. The molecule has 0 spiro atoms. The van der Waals surface area contributed by atoms with Crippen LogP contribution in [-0.4, -0.2) is 34.5 Å². The number of hydrogen-bond donors (Lipinski definition) is 4. The van der Waals surface area contributed by atoms with Crippen molar-refractivity contribution in [3.05, 3.63) is 0 Å². The van der Waals surface area contributed by atoms with E-state index in [-0.39, 0.29) is 18.0 Å². The Balaban J connectivity index is 1.96. The summed E-state index contributed by atoms with van der Waals surface area (Å²) in [5.41, 5.74) is 0. The molecule has 2 saturated carbocycles. The summed E-state index contributed by atoms with van der Waals surface area (Å²) in [6.07, 6.45) is 0.558. The van der Waals surface area contributed by atoms with Crippen molar-refractivity contribution >= 4 is 12.2 Å². The van der Waals surface area contributed by atoms with Crippen molar-refractivity contribution in [3.63, 3.8) is 0 Å². The van der Waals surface area contributed by atoms with Gasteiger partial charge in [-0.3, -0.25) is 0 Å². The molecule has 2 aliphatic carbocycles. The van der Waals surface area contributed by atoms with Gasteiger partial charge in [0, 0.05) is 12.1 Å². The molecule has 2 atom stereocenters. The Bertz CT molecular complexity index is 268. The molecule has 0 heterocycles. The number of amides is 2. The van der Waals surface area contributed by atoms with Crippen LogP contribution in [-0.2, 0) is 0 Å². The van der Waals surface area contributed by atoms with E-state index < -0.39 is 12.2 Å². The number of rotatable bonds is 2. The van der Waals surface area contributed by atoms with E-state index in [0.29, 0.717) is 5.92 Å². The lowest BCUT2D eigenvalue weighted by molar-refractivity contribution is 0.171. The highest BCUT2D eigenvalue weighted by Gasteiger charge is 2.47. The van der Waals surface area contributed by atoms with Crippen LogP contribution in [0.25, 0.3) is 0 Å². The monoisotopic (exact) mass is 214 g/mol. The summed E-state index contributed by atoms with van der Waals surface area (Å²) in [7, 11) is 0. The molecular weight excluding hydrogens is 200 g/mol. The molecule has 2 aliphatic rings. The number of carboxylic acid groups (broad SMARTS) is 2. The van der Waals surface area contributed by atoms with E-state index in [2.05, 4.69) is 10.6 Å². The molecular formula is C9H14N2O4. The van der Waals surface area contributed by atoms with Crippen LogP contribution < -0.4 is 10.6 Å². The van der Waals surface area contributed by atoms with Crippen LogP contribution in [0.2, 0.25) is 0 Å². The van der Waals surface area contributed by atoms with E-state index in [0.717, 1.165) is 19.3 Å². The maximum atomic E-state index is 10.5. The summed E-state index contributed by atoms with van der Waals surface area (Å²) < 4.78 is 0. The van der Waals surface area contributed by atoms with Crippen LogP contribution in [0.1, 0.15) is 19.3 Å². The summed E-state index contributed by atoms with van der Waals surface area (Å²) in [6.45, 7) is 0. The molecule has 0 radical (unpaired) electrons. The van der Waals surface area contributed by atoms with Gasteiger partial charge < -0.3 is 20.8 Å². The minimum atomic E-state index is -1.03. The van der Waals surface area contributed by atoms with E-state index in [1.54, 1.807) is 0 Å². The summed E-state index contributed by atoms with van der Waals surface area (Å²) >= 11 is 0. The Hall–Kier alpha value is -1.46. The third-order valence-corrected chi connectivity index (χ3v) is 3.43. The van der Waals surface area contributed by atoms with Crippen molar-refractivity contribution in [1.82, 2.24) is 10.6 Å². The lowest BCUT2D eigenvalue weighted by Crippen LogP contribution is -2.48. The van der Waals surface area contributed by atoms with Gasteiger partial charge in [-0.15, -0.1) is 0 Å². The van der Waals surface area contributed by atoms with Crippen molar-refractivity contribution in [3.8, 4) is 0 Å². The first-order valence-electron chi connectivity index (χ1n) is 5.05. The van der Waals surface area contributed by atoms with Crippen molar-refractivity contribution in [2.75, 3.05) is 0 Å². The Morgan fingerprint density at radius 1 is 0.933 bits per heavy atom. The van der Waals surface area contributed by atoms with Crippen LogP contribution in [0, 0.1) is 11.8 Å². The molecule has 84 valence electrons. The van der Waals surface area contributed by atoms with Gasteiger partial charge in [-0.1, -0.05) is 0 Å². The number of carbonyl (C=O) groups is 2. The fourth-order valence-corrected chi connectivity index (χ4v) is 3.00. The molecule has 2 fully saturated rings. The van der Waals surface area contributed by atoms with Gasteiger partial charge in [0.2, 0.25) is 0 Å². The van der Waals surface area contributed by atoms with Gasteiger partial charge in [0.25, 0.3) is 0 Å². The average Bonchev–Trinajstić information content (AvgIpc) is 2.59. The van der Waals surface area contributed by atoms with Gasteiger partial charge in [-0.05, 0) is 31.1 Å². The Labute approximate surface area is 86.7 Å². The smallest absolute Gasteiger partial charge is 0.404 e. The highest BCUT2D eigenvalue weighted by atomic mass is 16.4. The maximum absolute atomic E-state index is 10.5. The normalized spacial score (nSPS) is 37.6. The lowest BCUT2D eigenvalue weighted by atomic mass is 9.91. The second-order valence-corrected chi connectivity index (χ2v) is 4.35. The van der Waals surface area contributed by atoms with Gasteiger partial charge >= 0.3 is 12.2 Å². The number of nitrogens with one attached hydrogen (secondary N) is 2. The lowest BCUT2D eigenvalue weighted by Gasteiger charge is -2.28. The van der Waals surface area contributed by atoms with E-state index in [1.165, 1.54) is 0 Å². The quantitative estimate of drug-likeness (QED) is 0.543. The van der Waals surface area contributed by atoms with Gasteiger partial charge in [-0.25, -0.2) is 9.59 Å². The Morgan fingerprint density at radius 2 is 1.40 bits per heavy atom. The van der Waals surface area contributed by atoms with Crippen LogP contribution in [0.4, 0.5) is 9.59 Å². The molecule has 0 aromatic heterocycles. The average molecular weight is 214 g/mol. The van der Waals surface area contributed by atoms with Crippen molar-refractivity contribution in [2.45, 2.75) is 31.3 Å². The van der Waals surface area contributed by atoms with Crippen LogP contribution in [0.3, 0.4) is 0 Å². The van der Waals surface area contributed by atoms with Gasteiger partial charge in [-0.2, -0.15) is 0 Å². The first kappa shape index (κ1) is 10.1. The summed E-state index contributed by atoms with van der Waals surface area (Å²) in [6, 6.07) is -0.170. The zero-order valence-electron chi connectivity index (χ0n) is 8.14. The second-order valence-electron chi connectivity index (χ2n) is 4.35. The van der Waals surface area contributed by atoms with Crippen LogP contribution in [0.5, 0.6) is 0 Å². The fourth-order valence-electron chi connectivity index (χ4n) is 3.00. The SMILES string of the molecule is O=C(O)NC1CC2CC(NC(=O)O)C1C2. The summed E-state index contributed by atoms with van der Waals surface area (Å²) in [4.78, 5) is 21.0. The molecule has 0 aromatic carbocycles. The van der Waals surface area contributed by atoms with E-state index >= 15 is 0 Å². The maximum Gasteiger partial charge on any atom is 0.404 e. The van der Waals surface area contributed by atoms with E-state index in [4.69, 9.17) is 10.2 Å².